The quantitative estimate of drug-likeness (QED) is 0.523. The van der Waals surface area contributed by atoms with Gasteiger partial charge >= 0.3 is 5.69 Å². The number of nitrogens with zero attached hydrogens (tertiary/aromatic N) is 4. The Kier molecular flexibility index (Phi) is 5.68. The van der Waals surface area contributed by atoms with E-state index in [1.54, 1.807) is 24.3 Å². The second-order valence-electron chi connectivity index (χ2n) is 7.08. The van der Waals surface area contributed by atoms with Crippen LogP contribution in [0.25, 0.3) is 11.2 Å². The summed E-state index contributed by atoms with van der Waals surface area (Å²) in [5, 5.41) is 2.16. The van der Waals surface area contributed by atoms with Gasteiger partial charge in [-0.1, -0.05) is 0 Å². The number of anilines is 1. The van der Waals surface area contributed by atoms with Crippen molar-refractivity contribution in [2.75, 3.05) is 11.1 Å². The number of rotatable bonds is 6. The lowest BCUT2D eigenvalue weighted by Crippen LogP contribution is -2.37. The van der Waals surface area contributed by atoms with E-state index in [0.29, 0.717) is 11.3 Å². The highest BCUT2D eigenvalue weighted by molar-refractivity contribution is 7.91. The van der Waals surface area contributed by atoms with Crippen LogP contribution in [0.15, 0.2) is 39.0 Å². The summed E-state index contributed by atoms with van der Waals surface area (Å²) in [7, 11) is 0.0399. The molecule has 0 saturated carbocycles. The number of aromatic nitrogens is 4. The van der Waals surface area contributed by atoms with Crippen molar-refractivity contribution in [3.63, 3.8) is 0 Å². The monoisotopic (exact) mass is 447 g/mol. The van der Waals surface area contributed by atoms with Gasteiger partial charge in [-0.25, -0.2) is 18.2 Å². The molecule has 0 saturated heterocycles. The summed E-state index contributed by atoms with van der Waals surface area (Å²) < 4.78 is 28.7. The molecule has 0 fully saturated rings. The second kappa shape index (κ2) is 7.95. The molecule has 3 rings (SSSR count). The fourth-order valence-electron chi connectivity index (χ4n) is 3.17. The van der Waals surface area contributed by atoms with Gasteiger partial charge in [0.15, 0.2) is 16.9 Å². The van der Waals surface area contributed by atoms with E-state index in [2.05, 4.69) is 10.3 Å². The number of imidazole rings is 1. The molecule has 3 aromatic rings. The number of hydrogen-bond acceptors (Lipinski definition) is 7. The van der Waals surface area contributed by atoms with Crippen molar-refractivity contribution < 1.29 is 18.0 Å². The minimum Gasteiger partial charge on any atom is -0.326 e. The summed E-state index contributed by atoms with van der Waals surface area (Å²) in [6.07, 6.45) is -0.350. The van der Waals surface area contributed by atoms with Crippen LogP contribution in [0.2, 0.25) is 0 Å². The zero-order valence-electron chi connectivity index (χ0n) is 17.4. The Morgan fingerprint density at radius 1 is 1.00 bits per heavy atom. The third kappa shape index (κ3) is 4.06. The predicted octanol–water partition coefficient (Wildman–Crippen LogP) is -0.0242. The molecule has 0 spiro atoms. The van der Waals surface area contributed by atoms with Crippen LogP contribution in [-0.2, 0) is 35.8 Å². The number of benzene rings is 1. The number of carbonyl (C=O) groups is 2. The molecule has 12 heteroatoms. The highest BCUT2D eigenvalue weighted by atomic mass is 32.2. The van der Waals surface area contributed by atoms with Crippen LogP contribution >= 0.6 is 0 Å². The first kappa shape index (κ1) is 22.2. The molecule has 1 aromatic carbocycles. The van der Waals surface area contributed by atoms with E-state index in [1.807, 2.05) is 0 Å². The van der Waals surface area contributed by atoms with Crippen molar-refractivity contribution in [3.8, 4) is 0 Å². The number of carbonyl (C=O) groups excluding carboxylic acids is 2. The third-order valence-corrected chi connectivity index (χ3v) is 6.54. The SMILES string of the molecule is CC(=O)c1ccc(NC(=O)CCS(=O)(=O)c2nc3c(=O)n(C)c(=O)n(C)c3n2C)cc1. The van der Waals surface area contributed by atoms with Gasteiger partial charge in [0.05, 0.1) is 5.75 Å². The molecule has 2 aromatic heterocycles. The molecular weight excluding hydrogens is 426 g/mol. The van der Waals surface area contributed by atoms with Crippen molar-refractivity contribution >= 4 is 38.4 Å². The Bertz CT molecular complexity index is 1430. The lowest BCUT2D eigenvalue weighted by molar-refractivity contribution is -0.115. The molecule has 0 radical (unpaired) electrons. The summed E-state index contributed by atoms with van der Waals surface area (Å²) in [5.41, 5.74) is -0.486. The minimum atomic E-state index is -4.03. The molecule has 2 heterocycles. The van der Waals surface area contributed by atoms with Gasteiger partial charge in [0, 0.05) is 38.8 Å². The first-order valence-electron chi connectivity index (χ1n) is 9.20. The van der Waals surface area contributed by atoms with Crippen molar-refractivity contribution in [2.24, 2.45) is 21.1 Å². The molecule has 0 unspecified atom stereocenters. The molecule has 0 aliphatic heterocycles. The predicted molar refractivity (Wildman–Crippen MR) is 113 cm³/mol. The standard InChI is InChI=1S/C19H21N5O6S/c1-11(25)12-5-7-13(8-6-12)20-14(26)9-10-31(29,30)18-21-15-16(22(18)2)23(3)19(28)24(4)17(15)27/h5-8H,9-10H2,1-4H3,(H,20,26). The van der Waals surface area contributed by atoms with Crippen LogP contribution in [0.3, 0.4) is 0 Å². The molecule has 11 nitrogen and oxygen atoms in total. The molecular formula is C19H21N5O6S. The Morgan fingerprint density at radius 2 is 1.61 bits per heavy atom. The average molecular weight is 447 g/mol. The van der Waals surface area contributed by atoms with Gasteiger partial charge < -0.3 is 9.88 Å². The number of amides is 1. The number of hydrogen-bond donors (Lipinski definition) is 1. The maximum atomic E-state index is 12.8. The highest BCUT2D eigenvalue weighted by Crippen LogP contribution is 2.17. The normalized spacial score (nSPS) is 11.6. The Hall–Kier alpha value is -3.54. The summed E-state index contributed by atoms with van der Waals surface area (Å²) in [4.78, 5) is 51.9. The lowest BCUT2D eigenvalue weighted by Gasteiger charge is -2.08. The van der Waals surface area contributed by atoms with Gasteiger partial charge in [0.25, 0.3) is 5.56 Å². The second-order valence-corrected chi connectivity index (χ2v) is 9.08. The van der Waals surface area contributed by atoms with E-state index in [4.69, 9.17) is 0 Å². The number of nitrogens with one attached hydrogen (secondary N) is 1. The van der Waals surface area contributed by atoms with Gasteiger partial charge in [0.1, 0.15) is 0 Å². The number of Topliss-reactive ketones (excluding diaryl/α,β-unsaturated/α-hetero) is 1. The Balaban J connectivity index is 1.82. The van der Waals surface area contributed by atoms with Crippen molar-refractivity contribution in [3.05, 3.63) is 50.7 Å². The molecule has 0 atom stereocenters. The van der Waals surface area contributed by atoms with Gasteiger partial charge in [-0.3, -0.25) is 23.5 Å². The largest absolute Gasteiger partial charge is 0.332 e. The van der Waals surface area contributed by atoms with E-state index in [1.165, 1.54) is 28.1 Å². The lowest BCUT2D eigenvalue weighted by atomic mass is 10.1. The van der Waals surface area contributed by atoms with E-state index >= 15 is 0 Å². The van der Waals surface area contributed by atoms with Gasteiger partial charge in [-0.05, 0) is 31.2 Å². The van der Waals surface area contributed by atoms with Crippen LogP contribution in [0.5, 0.6) is 0 Å². The number of fused-ring (bicyclic) bond motifs is 1. The summed E-state index contributed by atoms with van der Waals surface area (Å²) in [6.45, 7) is 1.42. The van der Waals surface area contributed by atoms with E-state index < -0.39 is 37.9 Å². The first-order valence-corrected chi connectivity index (χ1v) is 10.9. The molecule has 1 amide bonds. The van der Waals surface area contributed by atoms with Crippen LogP contribution in [0, 0.1) is 0 Å². The number of sulfone groups is 1. The van der Waals surface area contributed by atoms with Crippen LogP contribution in [0.1, 0.15) is 23.7 Å². The molecule has 0 aliphatic rings. The van der Waals surface area contributed by atoms with Gasteiger partial charge in [0.2, 0.25) is 20.9 Å². The Labute approximate surface area is 176 Å². The van der Waals surface area contributed by atoms with Crippen molar-refractivity contribution in [1.29, 1.82) is 0 Å². The van der Waals surface area contributed by atoms with Crippen LogP contribution < -0.4 is 16.6 Å². The maximum Gasteiger partial charge on any atom is 0.332 e. The van der Waals surface area contributed by atoms with Crippen LogP contribution in [0.4, 0.5) is 5.69 Å². The zero-order valence-corrected chi connectivity index (χ0v) is 18.2. The number of aryl methyl sites for hydroxylation is 2. The summed E-state index contributed by atoms with van der Waals surface area (Å²) >= 11 is 0. The molecule has 164 valence electrons. The topological polar surface area (TPSA) is 142 Å². The fourth-order valence-corrected chi connectivity index (χ4v) is 4.54. The Morgan fingerprint density at radius 3 is 2.19 bits per heavy atom. The average Bonchev–Trinajstić information content (AvgIpc) is 3.08. The highest BCUT2D eigenvalue weighted by Gasteiger charge is 2.26. The molecule has 1 N–H and O–H groups in total. The number of ketones is 1. The van der Waals surface area contributed by atoms with E-state index in [9.17, 15) is 27.6 Å². The zero-order chi connectivity index (χ0) is 23.1. The van der Waals surface area contributed by atoms with Crippen molar-refractivity contribution in [2.45, 2.75) is 18.5 Å². The fraction of sp³-hybridized carbons (Fsp3) is 0.316. The van der Waals surface area contributed by atoms with E-state index in [0.717, 1.165) is 13.7 Å². The van der Waals surface area contributed by atoms with Crippen molar-refractivity contribution in [1.82, 2.24) is 18.7 Å². The minimum absolute atomic E-state index is 0.0710. The summed E-state index contributed by atoms with van der Waals surface area (Å²) in [5.74, 6) is -1.20. The third-order valence-electron chi connectivity index (χ3n) is 4.87. The summed E-state index contributed by atoms with van der Waals surface area (Å²) in [6, 6.07) is 6.20. The van der Waals surface area contributed by atoms with E-state index in [-0.39, 0.29) is 23.4 Å². The smallest absolute Gasteiger partial charge is 0.326 e. The maximum absolute atomic E-state index is 12.8. The first-order chi connectivity index (χ1) is 14.4. The molecule has 0 bridgehead atoms. The van der Waals surface area contributed by atoms with Crippen LogP contribution in [-0.4, -0.2) is 44.5 Å². The van der Waals surface area contributed by atoms with Gasteiger partial charge in [-0.15, -0.1) is 0 Å². The molecule has 0 aliphatic carbocycles. The molecule has 31 heavy (non-hydrogen) atoms. The van der Waals surface area contributed by atoms with Gasteiger partial charge in [-0.2, -0.15) is 0 Å².